The number of hydrogen-bond acceptors (Lipinski definition) is 3. The highest BCUT2D eigenvalue weighted by Gasteiger charge is 2.31. The van der Waals surface area contributed by atoms with E-state index in [1.54, 1.807) is 0 Å². The number of aliphatic hydroxyl groups is 1. The molecule has 0 spiro atoms. The molecule has 0 aromatic rings. The Morgan fingerprint density at radius 1 is 1.37 bits per heavy atom. The van der Waals surface area contributed by atoms with Gasteiger partial charge in [-0.15, -0.1) is 0 Å². The highest BCUT2D eigenvalue weighted by atomic mass is 16.3. The summed E-state index contributed by atoms with van der Waals surface area (Å²) in [5, 5.41) is 12.9. The summed E-state index contributed by atoms with van der Waals surface area (Å²) in [5.41, 5.74) is 0.278. The number of likely N-dealkylation sites (tertiary alicyclic amines) is 1. The molecule has 0 aromatic heterocycles. The molecule has 1 aliphatic heterocycles. The van der Waals surface area contributed by atoms with Crippen LogP contribution in [0.1, 0.15) is 59.8 Å². The van der Waals surface area contributed by atoms with Crippen molar-refractivity contribution in [3.05, 3.63) is 0 Å². The largest absolute Gasteiger partial charge is 0.396 e. The van der Waals surface area contributed by atoms with Crippen LogP contribution in [0.3, 0.4) is 0 Å². The maximum Gasteiger partial charge on any atom is 0.0445 e. The minimum atomic E-state index is 0.278. The number of nitrogens with one attached hydrogen (secondary N) is 1. The molecule has 2 N–H and O–H groups in total. The average Bonchev–Trinajstić information content (AvgIpc) is 2.38. The lowest BCUT2D eigenvalue weighted by Crippen LogP contribution is -2.51. The zero-order valence-electron chi connectivity index (χ0n) is 13.4. The van der Waals surface area contributed by atoms with E-state index < -0.39 is 0 Å². The third kappa shape index (κ3) is 5.41. The minimum Gasteiger partial charge on any atom is -0.396 e. The second kappa shape index (κ2) is 8.23. The zero-order valence-corrected chi connectivity index (χ0v) is 13.4. The molecule has 0 amide bonds. The minimum absolute atomic E-state index is 0.278. The van der Waals surface area contributed by atoms with Gasteiger partial charge in [0.1, 0.15) is 0 Å². The lowest BCUT2D eigenvalue weighted by molar-refractivity contribution is 0.0651. The van der Waals surface area contributed by atoms with Crippen molar-refractivity contribution in [2.24, 2.45) is 5.41 Å². The number of nitrogens with zero attached hydrogens (tertiary/aromatic N) is 1. The summed E-state index contributed by atoms with van der Waals surface area (Å²) >= 11 is 0. The fourth-order valence-corrected chi connectivity index (χ4v) is 3.04. The zero-order chi connectivity index (χ0) is 14.3. The highest BCUT2D eigenvalue weighted by molar-refractivity contribution is 4.87. The first kappa shape index (κ1) is 16.9. The molecule has 1 rings (SSSR count). The van der Waals surface area contributed by atoms with Crippen LogP contribution in [0.2, 0.25) is 0 Å². The van der Waals surface area contributed by atoms with Crippen molar-refractivity contribution in [1.29, 1.82) is 0 Å². The Hall–Kier alpha value is -0.120. The maximum absolute atomic E-state index is 9.22. The van der Waals surface area contributed by atoms with Crippen molar-refractivity contribution in [3.63, 3.8) is 0 Å². The molecule has 1 saturated heterocycles. The summed E-state index contributed by atoms with van der Waals surface area (Å²) in [6, 6.07) is 1.13. The number of piperidine rings is 1. The van der Waals surface area contributed by atoms with Crippen molar-refractivity contribution < 1.29 is 5.11 Å². The van der Waals surface area contributed by atoms with Crippen LogP contribution in [0, 0.1) is 5.41 Å². The quantitative estimate of drug-likeness (QED) is 0.712. The van der Waals surface area contributed by atoms with E-state index in [2.05, 4.69) is 37.9 Å². The van der Waals surface area contributed by atoms with Crippen molar-refractivity contribution in [3.8, 4) is 0 Å². The summed E-state index contributed by atoms with van der Waals surface area (Å²) in [6.07, 6.45) is 6.03. The molecule has 0 radical (unpaired) electrons. The van der Waals surface area contributed by atoms with Gasteiger partial charge in [-0.05, 0) is 51.1 Å². The lowest BCUT2D eigenvalue weighted by atomic mass is 9.83. The summed E-state index contributed by atoms with van der Waals surface area (Å²) in [6.45, 7) is 13.0. The molecule has 3 nitrogen and oxygen atoms in total. The Kier molecular flexibility index (Phi) is 7.33. The Bertz CT molecular complexity index is 241. The van der Waals surface area contributed by atoms with Crippen LogP contribution in [-0.2, 0) is 0 Å². The van der Waals surface area contributed by atoms with Crippen LogP contribution in [0.4, 0.5) is 0 Å². The Balaban J connectivity index is 2.53. The van der Waals surface area contributed by atoms with Crippen molar-refractivity contribution in [2.45, 2.75) is 71.9 Å². The van der Waals surface area contributed by atoms with Gasteiger partial charge in [0.2, 0.25) is 0 Å². The van der Waals surface area contributed by atoms with E-state index in [1.807, 2.05) is 0 Å². The molecule has 1 aliphatic rings. The van der Waals surface area contributed by atoms with E-state index in [4.69, 9.17) is 0 Å². The Morgan fingerprint density at radius 2 is 2.11 bits per heavy atom. The molecule has 114 valence electrons. The first-order valence-corrected chi connectivity index (χ1v) is 8.09. The Labute approximate surface area is 119 Å². The first-order valence-electron chi connectivity index (χ1n) is 8.09. The predicted octanol–water partition coefficient (Wildman–Crippen LogP) is 2.64. The standard InChI is InChI=1S/C16H34N2O/c1-5-10-17-14(2)16(3,4)13-18-11-7-6-8-15(18)9-12-19/h14-15,17,19H,5-13H2,1-4H3. The number of hydrogen-bond donors (Lipinski definition) is 2. The van der Waals surface area contributed by atoms with Gasteiger partial charge in [-0.25, -0.2) is 0 Å². The van der Waals surface area contributed by atoms with E-state index in [-0.39, 0.29) is 5.41 Å². The fourth-order valence-electron chi connectivity index (χ4n) is 3.04. The smallest absolute Gasteiger partial charge is 0.0445 e. The number of rotatable bonds is 8. The van der Waals surface area contributed by atoms with E-state index >= 15 is 0 Å². The van der Waals surface area contributed by atoms with Crippen LogP contribution < -0.4 is 5.32 Å². The van der Waals surface area contributed by atoms with Gasteiger partial charge in [0.05, 0.1) is 0 Å². The summed E-state index contributed by atoms with van der Waals surface area (Å²) < 4.78 is 0. The molecular formula is C16H34N2O. The lowest BCUT2D eigenvalue weighted by Gasteiger charge is -2.43. The summed E-state index contributed by atoms with van der Waals surface area (Å²) in [5.74, 6) is 0. The van der Waals surface area contributed by atoms with Gasteiger partial charge < -0.3 is 10.4 Å². The van der Waals surface area contributed by atoms with Crippen LogP contribution in [0.25, 0.3) is 0 Å². The molecule has 2 atom stereocenters. The van der Waals surface area contributed by atoms with E-state index in [9.17, 15) is 5.11 Å². The van der Waals surface area contributed by atoms with Gasteiger partial charge in [-0.3, -0.25) is 4.90 Å². The van der Waals surface area contributed by atoms with Crippen molar-refractivity contribution >= 4 is 0 Å². The molecule has 0 bridgehead atoms. The van der Waals surface area contributed by atoms with Gasteiger partial charge in [0.15, 0.2) is 0 Å². The monoisotopic (exact) mass is 270 g/mol. The molecule has 0 saturated carbocycles. The normalized spacial score (nSPS) is 23.5. The molecule has 0 aromatic carbocycles. The second-order valence-electron chi connectivity index (χ2n) is 6.80. The second-order valence-corrected chi connectivity index (χ2v) is 6.80. The average molecular weight is 270 g/mol. The van der Waals surface area contributed by atoms with Gasteiger partial charge in [-0.2, -0.15) is 0 Å². The molecule has 0 aliphatic carbocycles. The topological polar surface area (TPSA) is 35.5 Å². The molecule has 1 fully saturated rings. The molecule has 1 heterocycles. The van der Waals surface area contributed by atoms with Gasteiger partial charge in [0, 0.05) is 25.2 Å². The Morgan fingerprint density at radius 3 is 2.74 bits per heavy atom. The highest BCUT2D eigenvalue weighted by Crippen LogP contribution is 2.27. The van der Waals surface area contributed by atoms with Crippen molar-refractivity contribution in [2.75, 3.05) is 26.2 Å². The van der Waals surface area contributed by atoms with Crippen LogP contribution in [-0.4, -0.2) is 48.3 Å². The summed E-state index contributed by atoms with van der Waals surface area (Å²) in [7, 11) is 0. The van der Waals surface area contributed by atoms with Crippen molar-refractivity contribution in [1.82, 2.24) is 10.2 Å². The third-order valence-electron chi connectivity index (χ3n) is 4.69. The fraction of sp³-hybridized carbons (Fsp3) is 1.00. The maximum atomic E-state index is 9.22. The predicted molar refractivity (Wildman–Crippen MR) is 82.5 cm³/mol. The summed E-state index contributed by atoms with van der Waals surface area (Å²) in [4.78, 5) is 2.61. The SMILES string of the molecule is CCCNC(C)C(C)(C)CN1CCCCC1CCO. The van der Waals surface area contributed by atoms with Gasteiger partial charge in [-0.1, -0.05) is 27.2 Å². The van der Waals surface area contributed by atoms with E-state index in [0.717, 1.165) is 19.5 Å². The van der Waals surface area contributed by atoms with Gasteiger partial charge >= 0.3 is 0 Å². The molecule has 2 unspecified atom stereocenters. The van der Waals surface area contributed by atoms with E-state index in [1.165, 1.54) is 32.2 Å². The molecular weight excluding hydrogens is 236 g/mol. The van der Waals surface area contributed by atoms with Crippen LogP contribution in [0.15, 0.2) is 0 Å². The van der Waals surface area contributed by atoms with Crippen LogP contribution in [0.5, 0.6) is 0 Å². The molecule has 3 heteroatoms. The number of aliphatic hydroxyl groups excluding tert-OH is 1. The third-order valence-corrected chi connectivity index (χ3v) is 4.69. The molecule has 19 heavy (non-hydrogen) atoms. The first-order chi connectivity index (χ1) is 9.01. The van der Waals surface area contributed by atoms with Gasteiger partial charge in [0.25, 0.3) is 0 Å². The van der Waals surface area contributed by atoms with E-state index in [0.29, 0.717) is 18.7 Å². The van der Waals surface area contributed by atoms with Crippen LogP contribution >= 0.6 is 0 Å².